The van der Waals surface area contributed by atoms with Gasteiger partial charge in [0.2, 0.25) is 0 Å². The minimum Gasteiger partial charge on any atom is -0.398 e. The van der Waals surface area contributed by atoms with Crippen molar-refractivity contribution in [2.24, 2.45) is 0 Å². The van der Waals surface area contributed by atoms with E-state index in [1.807, 2.05) is 6.07 Å². The van der Waals surface area contributed by atoms with Gasteiger partial charge in [0.05, 0.1) is 6.10 Å². The SMILES string of the molecule is CCN(Cc1ccc(N)c(Br)c1)CC1CCCO1. The second kappa shape index (κ2) is 6.55. The van der Waals surface area contributed by atoms with E-state index in [1.54, 1.807) is 0 Å². The van der Waals surface area contributed by atoms with Crippen molar-refractivity contribution in [1.82, 2.24) is 4.90 Å². The summed E-state index contributed by atoms with van der Waals surface area (Å²) in [5.41, 5.74) is 7.88. The minimum absolute atomic E-state index is 0.419. The molecule has 2 N–H and O–H groups in total. The Kier molecular flexibility index (Phi) is 5.03. The number of nitrogens with two attached hydrogens (primary N) is 1. The molecule has 0 aromatic heterocycles. The zero-order chi connectivity index (χ0) is 13.0. The number of ether oxygens (including phenoxy) is 1. The van der Waals surface area contributed by atoms with E-state index < -0.39 is 0 Å². The van der Waals surface area contributed by atoms with Crippen LogP contribution in [0.5, 0.6) is 0 Å². The van der Waals surface area contributed by atoms with Crippen molar-refractivity contribution in [3.05, 3.63) is 28.2 Å². The summed E-state index contributed by atoms with van der Waals surface area (Å²) in [7, 11) is 0. The molecule has 3 nitrogen and oxygen atoms in total. The number of hydrogen-bond donors (Lipinski definition) is 1. The molecule has 1 aromatic rings. The number of benzene rings is 1. The van der Waals surface area contributed by atoms with Crippen molar-refractivity contribution in [2.75, 3.05) is 25.4 Å². The number of nitrogen functional groups attached to an aromatic ring is 1. The molecule has 1 atom stereocenters. The molecule has 4 heteroatoms. The number of halogens is 1. The molecule has 1 aromatic carbocycles. The van der Waals surface area contributed by atoms with Crippen LogP contribution in [0.4, 0.5) is 5.69 Å². The zero-order valence-corrected chi connectivity index (χ0v) is 12.4. The normalized spacial score (nSPS) is 19.6. The van der Waals surface area contributed by atoms with Crippen LogP contribution >= 0.6 is 15.9 Å². The van der Waals surface area contributed by atoms with Gasteiger partial charge in [-0.3, -0.25) is 4.90 Å². The van der Waals surface area contributed by atoms with E-state index in [0.29, 0.717) is 6.10 Å². The molecule has 1 unspecified atom stereocenters. The van der Waals surface area contributed by atoms with Gasteiger partial charge < -0.3 is 10.5 Å². The topological polar surface area (TPSA) is 38.5 Å². The van der Waals surface area contributed by atoms with E-state index in [9.17, 15) is 0 Å². The Morgan fingerprint density at radius 3 is 2.94 bits per heavy atom. The van der Waals surface area contributed by atoms with Crippen LogP contribution < -0.4 is 5.73 Å². The lowest BCUT2D eigenvalue weighted by atomic mass is 10.1. The second-order valence-electron chi connectivity index (χ2n) is 4.82. The average molecular weight is 313 g/mol. The molecule has 0 spiro atoms. The summed E-state index contributed by atoms with van der Waals surface area (Å²) in [5, 5.41) is 0. The van der Waals surface area contributed by atoms with Crippen molar-refractivity contribution in [2.45, 2.75) is 32.4 Å². The van der Waals surface area contributed by atoms with Gasteiger partial charge in [-0.1, -0.05) is 13.0 Å². The highest BCUT2D eigenvalue weighted by atomic mass is 79.9. The molecule has 0 saturated carbocycles. The smallest absolute Gasteiger partial charge is 0.0702 e. The minimum atomic E-state index is 0.419. The van der Waals surface area contributed by atoms with E-state index >= 15 is 0 Å². The van der Waals surface area contributed by atoms with Crippen molar-refractivity contribution in [1.29, 1.82) is 0 Å². The van der Waals surface area contributed by atoms with E-state index in [1.165, 1.54) is 18.4 Å². The number of hydrogen-bond acceptors (Lipinski definition) is 3. The van der Waals surface area contributed by atoms with Gasteiger partial charge in [0.15, 0.2) is 0 Å². The Bertz CT molecular complexity index is 391. The second-order valence-corrected chi connectivity index (χ2v) is 5.67. The molecule has 2 rings (SSSR count). The third-order valence-corrected chi connectivity index (χ3v) is 4.09. The lowest BCUT2D eigenvalue weighted by Crippen LogP contribution is -2.31. The fourth-order valence-corrected chi connectivity index (χ4v) is 2.74. The number of anilines is 1. The molecule has 1 heterocycles. The van der Waals surface area contributed by atoms with Crippen LogP contribution in [0.2, 0.25) is 0 Å². The number of rotatable bonds is 5. The summed E-state index contributed by atoms with van der Waals surface area (Å²) in [5.74, 6) is 0. The fourth-order valence-electron chi connectivity index (χ4n) is 2.31. The van der Waals surface area contributed by atoms with Crippen molar-refractivity contribution in [3.8, 4) is 0 Å². The average Bonchev–Trinajstić information content (AvgIpc) is 2.86. The predicted octanol–water partition coefficient (Wildman–Crippen LogP) is 3.03. The fraction of sp³-hybridized carbons (Fsp3) is 0.571. The van der Waals surface area contributed by atoms with E-state index in [4.69, 9.17) is 10.5 Å². The van der Waals surface area contributed by atoms with E-state index in [-0.39, 0.29) is 0 Å². The Morgan fingerprint density at radius 2 is 2.33 bits per heavy atom. The summed E-state index contributed by atoms with van der Waals surface area (Å²) in [6.07, 6.45) is 2.82. The molecule has 1 fully saturated rings. The van der Waals surface area contributed by atoms with E-state index in [2.05, 4.69) is 39.9 Å². The van der Waals surface area contributed by atoms with Crippen LogP contribution in [0.1, 0.15) is 25.3 Å². The lowest BCUT2D eigenvalue weighted by molar-refractivity contribution is 0.0725. The highest BCUT2D eigenvalue weighted by molar-refractivity contribution is 9.10. The van der Waals surface area contributed by atoms with Crippen molar-refractivity contribution < 1.29 is 4.74 Å². The van der Waals surface area contributed by atoms with Gasteiger partial charge in [-0.05, 0) is 53.0 Å². The quantitative estimate of drug-likeness (QED) is 0.849. The maximum Gasteiger partial charge on any atom is 0.0702 e. The highest BCUT2D eigenvalue weighted by Gasteiger charge is 2.18. The van der Waals surface area contributed by atoms with Gasteiger partial charge in [0.1, 0.15) is 0 Å². The first-order valence-corrected chi connectivity index (χ1v) is 7.36. The van der Waals surface area contributed by atoms with Gasteiger partial charge >= 0.3 is 0 Å². The maximum absolute atomic E-state index is 5.80. The van der Waals surface area contributed by atoms with Crippen LogP contribution in [0.25, 0.3) is 0 Å². The van der Waals surface area contributed by atoms with E-state index in [0.717, 1.165) is 36.4 Å². The third-order valence-electron chi connectivity index (χ3n) is 3.40. The summed E-state index contributed by atoms with van der Waals surface area (Å²) >= 11 is 3.48. The maximum atomic E-state index is 5.80. The molecular weight excluding hydrogens is 292 g/mol. The summed E-state index contributed by atoms with van der Waals surface area (Å²) < 4.78 is 6.67. The standard InChI is InChI=1S/C14H21BrN2O/c1-2-17(10-12-4-3-7-18-12)9-11-5-6-14(16)13(15)8-11/h5-6,8,12H,2-4,7,9-10,16H2,1H3. The molecule has 100 valence electrons. The predicted molar refractivity (Wildman–Crippen MR) is 78.5 cm³/mol. The summed E-state index contributed by atoms with van der Waals surface area (Å²) in [6, 6.07) is 6.16. The Morgan fingerprint density at radius 1 is 1.50 bits per heavy atom. The Labute approximate surface area is 117 Å². The van der Waals surface area contributed by atoms with Gasteiger partial charge in [-0.25, -0.2) is 0 Å². The molecule has 1 aliphatic rings. The Balaban J connectivity index is 1.94. The summed E-state index contributed by atoms with van der Waals surface area (Å²) in [4.78, 5) is 2.42. The van der Waals surface area contributed by atoms with Crippen molar-refractivity contribution in [3.63, 3.8) is 0 Å². The van der Waals surface area contributed by atoms with Gasteiger partial charge in [0, 0.05) is 29.9 Å². The largest absolute Gasteiger partial charge is 0.398 e. The van der Waals surface area contributed by atoms with Gasteiger partial charge in [-0.2, -0.15) is 0 Å². The first-order chi connectivity index (χ1) is 8.69. The van der Waals surface area contributed by atoms with Crippen LogP contribution in [0.15, 0.2) is 22.7 Å². The molecular formula is C14H21BrN2O. The monoisotopic (exact) mass is 312 g/mol. The number of likely N-dealkylation sites (N-methyl/N-ethyl adjacent to an activating group) is 1. The molecule has 0 bridgehead atoms. The molecule has 0 amide bonds. The number of nitrogens with zero attached hydrogens (tertiary/aromatic N) is 1. The van der Waals surface area contributed by atoms with Gasteiger partial charge in [-0.15, -0.1) is 0 Å². The van der Waals surface area contributed by atoms with Crippen LogP contribution in [-0.4, -0.2) is 30.7 Å². The molecule has 1 saturated heterocycles. The van der Waals surface area contributed by atoms with Crippen LogP contribution in [0.3, 0.4) is 0 Å². The molecule has 0 radical (unpaired) electrons. The zero-order valence-electron chi connectivity index (χ0n) is 10.9. The summed E-state index contributed by atoms with van der Waals surface area (Å²) in [6.45, 7) is 6.15. The third kappa shape index (κ3) is 3.70. The molecule has 0 aliphatic carbocycles. The first-order valence-electron chi connectivity index (χ1n) is 6.57. The van der Waals surface area contributed by atoms with Gasteiger partial charge in [0.25, 0.3) is 0 Å². The first kappa shape index (κ1) is 13.8. The van der Waals surface area contributed by atoms with Crippen molar-refractivity contribution >= 4 is 21.6 Å². The van der Waals surface area contributed by atoms with Crippen LogP contribution in [-0.2, 0) is 11.3 Å². The lowest BCUT2D eigenvalue weighted by Gasteiger charge is -2.23. The molecule has 1 aliphatic heterocycles. The van der Waals surface area contributed by atoms with Crippen LogP contribution in [0, 0.1) is 0 Å². The molecule has 18 heavy (non-hydrogen) atoms. The highest BCUT2D eigenvalue weighted by Crippen LogP contribution is 2.22. The Hall–Kier alpha value is -0.580.